The molecule has 0 amide bonds. The lowest BCUT2D eigenvalue weighted by Crippen LogP contribution is -1.79. The van der Waals surface area contributed by atoms with Gasteiger partial charge in [0.15, 0.2) is 0 Å². The first-order valence-corrected chi connectivity index (χ1v) is 10.5. The summed E-state index contributed by atoms with van der Waals surface area (Å²) in [5, 5.41) is 0. The van der Waals surface area contributed by atoms with Crippen LogP contribution in [-0.4, -0.2) is 11.5 Å². The Bertz CT molecular complexity index is 544. The molecule has 0 heterocycles. The van der Waals surface area contributed by atoms with Crippen LogP contribution >= 0.6 is 35.3 Å². The van der Waals surface area contributed by atoms with Crippen molar-refractivity contribution in [3.05, 3.63) is 73.8 Å². The zero-order valence-corrected chi connectivity index (χ0v) is 15.7. The fraction of sp³-hybridized carbons (Fsp3) is 0.200. The molecule has 0 atom stereocenters. The first kappa shape index (κ1) is 18.3. The second-order valence-electron chi connectivity index (χ2n) is 4.90. The van der Waals surface area contributed by atoms with Gasteiger partial charge < -0.3 is 0 Å². The van der Waals surface area contributed by atoms with Crippen molar-refractivity contribution in [2.45, 2.75) is 32.4 Å². The maximum atomic E-state index is 3.76. The lowest BCUT2D eigenvalue weighted by Gasteiger charge is -2.05. The maximum absolute atomic E-state index is 3.76. The molecule has 0 aromatic heterocycles. The number of benzene rings is 2. The SMILES string of the molecule is C=CCCSc1ccc(Sc2ccc(SCCC=C)cc2)cc1. The lowest BCUT2D eigenvalue weighted by atomic mass is 10.4. The molecule has 2 aromatic rings. The van der Waals surface area contributed by atoms with E-state index in [1.807, 2.05) is 47.4 Å². The van der Waals surface area contributed by atoms with Crippen LogP contribution in [0.15, 0.2) is 93.4 Å². The number of hydrogen-bond acceptors (Lipinski definition) is 3. The molecule has 0 radical (unpaired) electrons. The van der Waals surface area contributed by atoms with Crippen molar-refractivity contribution in [3.8, 4) is 0 Å². The van der Waals surface area contributed by atoms with Crippen molar-refractivity contribution in [1.29, 1.82) is 0 Å². The average Bonchev–Trinajstić information content (AvgIpc) is 2.58. The third-order valence-corrected chi connectivity index (χ3v) is 6.17. The molecule has 0 unspecified atom stereocenters. The molecule has 0 bridgehead atoms. The van der Waals surface area contributed by atoms with Crippen LogP contribution < -0.4 is 0 Å². The molecular formula is C20H22S3. The molecule has 3 heteroatoms. The van der Waals surface area contributed by atoms with Gasteiger partial charge in [0.25, 0.3) is 0 Å². The standard InChI is InChI=1S/C20H22S3/c1-3-5-15-21-17-7-11-19(12-8-17)23-20-13-9-18(10-14-20)22-16-6-4-2/h3-4,7-14H,1-2,5-6,15-16H2. The van der Waals surface area contributed by atoms with Crippen molar-refractivity contribution in [1.82, 2.24) is 0 Å². The van der Waals surface area contributed by atoms with E-state index >= 15 is 0 Å². The molecule has 2 aromatic carbocycles. The summed E-state index contributed by atoms with van der Waals surface area (Å²) in [4.78, 5) is 5.21. The van der Waals surface area contributed by atoms with Gasteiger partial charge in [-0.05, 0) is 61.4 Å². The Hall–Kier alpha value is -1.03. The zero-order valence-electron chi connectivity index (χ0n) is 13.2. The van der Waals surface area contributed by atoms with Crippen LogP contribution in [0, 0.1) is 0 Å². The first-order chi connectivity index (χ1) is 11.3. The normalized spacial score (nSPS) is 10.4. The van der Waals surface area contributed by atoms with Gasteiger partial charge in [-0.2, -0.15) is 0 Å². The van der Waals surface area contributed by atoms with E-state index in [1.165, 1.54) is 19.6 Å². The van der Waals surface area contributed by atoms with Crippen molar-refractivity contribution < 1.29 is 0 Å². The fourth-order valence-corrected chi connectivity index (χ4v) is 4.38. The van der Waals surface area contributed by atoms with Gasteiger partial charge in [-0.25, -0.2) is 0 Å². The van der Waals surface area contributed by atoms with Crippen LogP contribution in [-0.2, 0) is 0 Å². The van der Waals surface area contributed by atoms with Gasteiger partial charge in [0, 0.05) is 31.1 Å². The third kappa shape index (κ3) is 6.94. The quantitative estimate of drug-likeness (QED) is 0.251. The van der Waals surface area contributed by atoms with E-state index in [0.717, 1.165) is 24.3 Å². The molecule has 0 fully saturated rings. The van der Waals surface area contributed by atoms with Crippen LogP contribution in [0.5, 0.6) is 0 Å². The largest absolute Gasteiger partial charge is 0.126 e. The molecule has 0 spiro atoms. The molecule has 0 nitrogen and oxygen atoms in total. The predicted molar refractivity (Wildman–Crippen MR) is 108 cm³/mol. The topological polar surface area (TPSA) is 0 Å². The Morgan fingerprint density at radius 1 is 0.609 bits per heavy atom. The Morgan fingerprint density at radius 3 is 1.30 bits per heavy atom. The van der Waals surface area contributed by atoms with Gasteiger partial charge in [0.1, 0.15) is 0 Å². The highest BCUT2D eigenvalue weighted by atomic mass is 32.2. The number of allylic oxidation sites excluding steroid dienone is 2. The maximum Gasteiger partial charge on any atom is 0.0123 e. The summed E-state index contributed by atoms with van der Waals surface area (Å²) in [6.45, 7) is 7.51. The lowest BCUT2D eigenvalue weighted by molar-refractivity contribution is 1.24. The highest BCUT2D eigenvalue weighted by Crippen LogP contribution is 2.31. The molecule has 120 valence electrons. The molecule has 2 rings (SSSR count). The van der Waals surface area contributed by atoms with Crippen molar-refractivity contribution in [2.24, 2.45) is 0 Å². The monoisotopic (exact) mass is 358 g/mol. The van der Waals surface area contributed by atoms with Crippen molar-refractivity contribution >= 4 is 35.3 Å². The number of hydrogen-bond donors (Lipinski definition) is 0. The van der Waals surface area contributed by atoms with Gasteiger partial charge in [-0.15, -0.1) is 36.7 Å². The minimum atomic E-state index is 1.05. The second-order valence-corrected chi connectivity index (χ2v) is 8.38. The van der Waals surface area contributed by atoms with Gasteiger partial charge >= 0.3 is 0 Å². The average molecular weight is 359 g/mol. The highest BCUT2D eigenvalue weighted by Gasteiger charge is 2.00. The Morgan fingerprint density at radius 2 is 0.957 bits per heavy atom. The van der Waals surface area contributed by atoms with Crippen molar-refractivity contribution in [2.75, 3.05) is 11.5 Å². The van der Waals surface area contributed by atoms with Crippen LogP contribution in [0.4, 0.5) is 0 Å². The van der Waals surface area contributed by atoms with Crippen LogP contribution in [0.1, 0.15) is 12.8 Å². The number of rotatable bonds is 10. The van der Waals surface area contributed by atoms with Crippen LogP contribution in [0.25, 0.3) is 0 Å². The van der Waals surface area contributed by atoms with Gasteiger partial charge in [-0.1, -0.05) is 23.9 Å². The smallest absolute Gasteiger partial charge is 0.0123 e. The highest BCUT2D eigenvalue weighted by molar-refractivity contribution is 8.00. The second kappa shape index (κ2) is 10.7. The van der Waals surface area contributed by atoms with E-state index in [4.69, 9.17) is 0 Å². The first-order valence-electron chi connectivity index (χ1n) is 7.67. The van der Waals surface area contributed by atoms with E-state index in [9.17, 15) is 0 Å². The fourth-order valence-electron chi connectivity index (χ4n) is 1.86. The summed E-state index contributed by atoms with van der Waals surface area (Å²) in [7, 11) is 0. The summed E-state index contributed by atoms with van der Waals surface area (Å²) in [6.07, 6.45) is 6.05. The van der Waals surface area contributed by atoms with E-state index in [2.05, 4.69) is 61.7 Å². The van der Waals surface area contributed by atoms with E-state index < -0.39 is 0 Å². The molecule has 0 aliphatic carbocycles. The molecule has 0 aliphatic heterocycles. The number of thioether (sulfide) groups is 2. The Labute approximate surface area is 152 Å². The zero-order chi connectivity index (χ0) is 16.3. The summed E-state index contributed by atoms with van der Waals surface area (Å²) in [6, 6.07) is 17.6. The predicted octanol–water partition coefficient (Wildman–Crippen LogP) is 7.17. The molecule has 23 heavy (non-hydrogen) atoms. The molecule has 0 saturated carbocycles. The Balaban J connectivity index is 1.86. The summed E-state index contributed by atoms with van der Waals surface area (Å²) < 4.78 is 0. The summed E-state index contributed by atoms with van der Waals surface area (Å²) in [5.74, 6) is 2.20. The van der Waals surface area contributed by atoms with Crippen LogP contribution in [0.2, 0.25) is 0 Å². The Kier molecular flexibility index (Phi) is 8.51. The van der Waals surface area contributed by atoms with Gasteiger partial charge in [0.2, 0.25) is 0 Å². The molecule has 0 N–H and O–H groups in total. The summed E-state index contributed by atoms with van der Waals surface area (Å²) >= 11 is 5.57. The van der Waals surface area contributed by atoms with Crippen LogP contribution in [0.3, 0.4) is 0 Å². The molecule has 0 saturated heterocycles. The molecular weight excluding hydrogens is 336 g/mol. The minimum Gasteiger partial charge on any atom is -0.126 e. The summed E-state index contributed by atoms with van der Waals surface area (Å²) in [5.41, 5.74) is 0. The van der Waals surface area contributed by atoms with E-state index in [-0.39, 0.29) is 0 Å². The van der Waals surface area contributed by atoms with Gasteiger partial charge in [0.05, 0.1) is 0 Å². The minimum absolute atomic E-state index is 1.05. The van der Waals surface area contributed by atoms with E-state index in [0.29, 0.717) is 0 Å². The molecule has 0 aliphatic rings. The van der Waals surface area contributed by atoms with Crippen molar-refractivity contribution in [3.63, 3.8) is 0 Å². The van der Waals surface area contributed by atoms with E-state index in [1.54, 1.807) is 0 Å². The van der Waals surface area contributed by atoms with Gasteiger partial charge in [-0.3, -0.25) is 0 Å². The third-order valence-electron chi connectivity index (χ3n) is 3.06.